The molecule has 5 aromatic rings. The van der Waals surface area contributed by atoms with Crippen molar-refractivity contribution < 1.29 is 14.3 Å². The lowest BCUT2D eigenvalue weighted by Crippen LogP contribution is -2.23. The lowest BCUT2D eigenvalue weighted by atomic mass is 10.1. The van der Waals surface area contributed by atoms with Crippen molar-refractivity contribution in [1.82, 2.24) is 19.7 Å². The first-order valence-electron chi connectivity index (χ1n) is 11.7. The molecule has 186 valence electrons. The quantitative estimate of drug-likeness (QED) is 0.263. The number of thioether (sulfide) groups is 1. The minimum absolute atomic E-state index is 0.166. The van der Waals surface area contributed by atoms with Crippen LogP contribution in [0.1, 0.15) is 6.92 Å². The Kier molecular flexibility index (Phi) is 6.23. The average Bonchev–Trinajstić information content (AvgIpc) is 3.53. The molecule has 10 heteroatoms. The molecule has 0 unspecified atom stereocenters. The maximum atomic E-state index is 13.1. The van der Waals surface area contributed by atoms with Crippen LogP contribution < -0.4 is 14.8 Å². The second-order valence-electron chi connectivity index (χ2n) is 8.47. The molecular formula is C27H22ClN5O3S. The highest BCUT2D eigenvalue weighted by Gasteiger charge is 2.24. The first-order valence-corrected chi connectivity index (χ1v) is 13.0. The Bertz CT molecular complexity index is 1600. The Labute approximate surface area is 222 Å². The number of nitrogens with one attached hydrogen (secondary N) is 2. The van der Waals surface area contributed by atoms with Gasteiger partial charge in [-0.25, -0.2) is 0 Å². The third-order valence-electron chi connectivity index (χ3n) is 6.01. The van der Waals surface area contributed by atoms with E-state index in [1.54, 1.807) is 18.2 Å². The number of carbonyl (C=O) groups excluding carboxylic acids is 1. The Morgan fingerprint density at radius 3 is 2.68 bits per heavy atom. The zero-order valence-corrected chi connectivity index (χ0v) is 21.3. The fraction of sp³-hybridized carbons (Fsp3) is 0.148. The van der Waals surface area contributed by atoms with Crippen molar-refractivity contribution in [1.29, 1.82) is 0 Å². The molecular weight excluding hydrogens is 510 g/mol. The number of aromatic nitrogens is 4. The number of anilines is 1. The van der Waals surface area contributed by atoms with E-state index in [0.29, 0.717) is 46.4 Å². The van der Waals surface area contributed by atoms with Crippen molar-refractivity contribution >= 4 is 45.9 Å². The molecule has 3 heterocycles. The van der Waals surface area contributed by atoms with Gasteiger partial charge in [-0.15, -0.1) is 10.2 Å². The number of hydrogen-bond donors (Lipinski definition) is 2. The number of hydrogen-bond acceptors (Lipinski definition) is 6. The smallest absolute Gasteiger partial charge is 0.237 e. The number of fused-ring (bicyclic) bond motifs is 2. The standard InChI is InChI=1S/C27H22ClN5O3S/c1-16(26(34)30-18-8-11-23-24(14-18)36-13-12-35-23)37-27-32-31-25(33(27)19-9-6-17(28)7-10-19)21-15-29-22-5-3-2-4-20(21)22/h2-11,14-16,29H,12-13H2,1H3,(H,30,34)/t16-/m0/s1. The predicted molar refractivity (Wildman–Crippen MR) is 145 cm³/mol. The van der Waals surface area contributed by atoms with Gasteiger partial charge in [0.1, 0.15) is 13.2 Å². The molecule has 0 spiro atoms. The van der Waals surface area contributed by atoms with E-state index in [0.717, 1.165) is 22.2 Å². The number of ether oxygens (including phenoxy) is 2. The fourth-order valence-corrected chi connectivity index (χ4v) is 5.17. The lowest BCUT2D eigenvalue weighted by Gasteiger charge is -2.19. The maximum Gasteiger partial charge on any atom is 0.237 e. The van der Waals surface area contributed by atoms with Crippen molar-refractivity contribution in [3.63, 3.8) is 0 Å². The zero-order chi connectivity index (χ0) is 25.4. The van der Waals surface area contributed by atoms with Gasteiger partial charge in [0.2, 0.25) is 5.91 Å². The van der Waals surface area contributed by atoms with Crippen LogP contribution in [0.3, 0.4) is 0 Å². The number of halogens is 1. The van der Waals surface area contributed by atoms with Gasteiger partial charge >= 0.3 is 0 Å². The van der Waals surface area contributed by atoms with E-state index >= 15 is 0 Å². The molecule has 0 aliphatic carbocycles. The van der Waals surface area contributed by atoms with Crippen LogP contribution in [-0.2, 0) is 4.79 Å². The molecule has 1 aliphatic heterocycles. The first kappa shape index (κ1) is 23.4. The van der Waals surface area contributed by atoms with Gasteiger partial charge in [-0.1, -0.05) is 41.6 Å². The molecule has 0 bridgehead atoms. The van der Waals surface area contributed by atoms with E-state index in [1.165, 1.54) is 11.8 Å². The molecule has 1 aliphatic rings. The Morgan fingerprint density at radius 2 is 1.84 bits per heavy atom. The number of carbonyl (C=O) groups is 1. The van der Waals surface area contributed by atoms with Crippen LogP contribution in [0, 0.1) is 0 Å². The van der Waals surface area contributed by atoms with Gasteiger partial charge < -0.3 is 19.8 Å². The normalized spacial score (nSPS) is 13.5. The molecule has 1 atom stereocenters. The summed E-state index contributed by atoms with van der Waals surface area (Å²) in [4.78, 5) is 16.4. The Hall–Kier alpha value is -3.95. The molecule has 2 N–H and O–H groups in total. The molecule has 0 saturated heterocycles. The second kappa shape index (κ2) is 9.84. The van der Waals surface area contributed by atoms with Crippen LogP contribution in [0.2, 0.25) is 5.02 Å². The summed E-state index contributed by atoms with van der Waals surface area (Å²) in [5, 5.41) is 13.8. The van der Waals surface area contributed by atoms with Gasteiger partial charge in [-0.2, -0.15) is 0 Å². The van der Waals surface area contributed by atoms with Crippen LogP contribution in [0.15, 0.2) is 78.1 Å². The van der Waals surface area contributed by atoms with Gasteiger partial charge in [-0.3, -0.25) is 9.36 Å². The SMILES string of the molecule is C[C@H](Sc1nnc(-c2c[nH]c3ccccc23)n1-c1ccc(Cl)cc1)C(=O)Nc1ccc2c(c1)OCCO2. The van der Waals surface area contributed by atoms with Crippen molar-refractivity contribution in [2.75, 3.05) is 18.5 Å². The van der Waals surface area contributed by atoms with Crippen LogP contribution in [0.25, 0.3) is 28.0 Å². The summed E-state index contributed by atoms with van der Waals surface area (Å²) in [6.45, 7) is 2.83. The molecule has 0 radical (unpaired) electrons. The second-order valence-corrected chi connectivity index (χ2v) is 10.2. The summed E-state index contributed by atoms with van der Waals surface area (Å²) in [5.74, 6) is 1.80. The maximum absolute atomic E-state index is 13.1. The fourth-order valence-electron chi connectivity index (χ4n) is 4.18. The lowest BCUT2D eigenvalue weighted by molar-refractivity contribution is -0.115. The van der Waals surface area contributed by atoms with E-state index in [2.05, 4.69) is 20.5 Å². The van der Waals surface area contributed by atoms with Gasteiger partial charge in [-0.05, 0) is 49.4 Å². The third kappa shape index (κ3) is 4.63. The third-order valence-corrected chi connectivity index (χ3v) is 7.30. The van der Waals surface area contributed by atoms with Crippen LogP contribution in [0.5, 0.6) is 11.5 Å². The first-order chi connectivity index (χ1) is 18.1. The number of amides is 1. The summed E-state index contributed by atoms with van der Waals surface area (Å²) in [6, 6.07) is 20.9. The number of aromatic amines is 1. The van der Waals surface area contributed by atoms with Crippen molar-refractivity contribution in [2.45, 2.75) is 17.3 Å². The van der Waals surface area contributed by atoms with E-state index < -0.39 is 5.25 Å². The summed E-state index contributed by atoms with van der Waals surface area (Å²) in [5.41, 5.74) is 3.40. The van der Waals surface area contributed by atoms with Crippen LogP contribution >= 0.6 is 23.4 Å². The number of H-pyrrole nitrogens is 1. The Balaban J connectivity index is 1.30. The van der Waals surface area contributed by atoms with Crippen LogP contribution in [-0.4, -0.2) is 44.1 Å². The van der Waals surface area contributed by atoms with E-state index in [9.17, 15) is 4.79 Å². The van der Waals surface area contributed by atoms with Crippen molar-refractivity contribution in [2.24, 2.45) is 0 Å². The topological polar surface area (TPSA) is 94.1 Å². The summed E-state index contributed by atoms with van der Waals surface area (Å²) >= 11 is 7.48. The largest absolute Gasteiger partial charge is 0.486 e. The molecule has 6 rings (SSSR count). The summed E-state index contributed by atoms with van der Waals surface area (Å²) in [7, 11) is 0. The minimum Gasteiger partial charge on any atom is -0.486 e. The average molecular weight is 532 g/mol. The van der Waals surface area contributed by atoms with Gasteiger partial charge in [0.25, 0.3) is 0 Å². The van der Waals surface area contributed by atoms with E-state index in [4.69, 9.17) is 21.1 Å². The van der Waals surface area contributed by atoms with E-state index in [1.807, 2.05) is 66.2 Å². The monoisotopic (exact) mass is 531 g/mol. The molecule has 0 fully saturated rings. The zero-order valence-electron chi connectivity index (χ0n) is 19.8. The summed E-state index contributed by atoms with van der Waals surface area (Å²) < 4.78 is 13.1. The highest BCUT2D eigenvalue weighted by atomic mass is 35.5. The minimum atomic E-state index is -0.459. The highest BCUT2D eigenvalue weighted by molar-refractivity contribution is 8.00. The van der Waals surface area contributed by atoms with Gasteiger partial charge in [0.15, 0.2) is 22.5 Å². The van der Waals surface area contributed by atoms with E-state index in [-0.39, 0.29) is 5.91 Å². The predicted octanol–water partition coefficient (Wildman–Crippen LogP) is 5.96. The highest BCUT2D eigenvalue weighted by Crippen LogP contribution is 2.35. The number of nitrogens with zero attached hydrogens (tertiary/aromatic N) is 3. The van der Waals surface area contributed by atoms with Gasteiger partial charge in [0.05, 0.1) is 5.25 Å². The van der Waals surface area contributed by atoms with Crippen LogP contribution in [0.4, 0.5) is 5.69 Å². The number of para-hydroxylation sites is 1. The van der Waals surface area contributed by atoms with Gasteiger partial charge in [0, 0.05) is 45.1 Å². The van der Waals surface area contributed by atoms with Crippen molar-refractivity contribution in [3.8, 4) is 28.6 Å². The molecule has 1 amide bonds. The molecule has 2 aromatic heterocycles. The summed E-state index contributed by atoms with van der Waals surface area (Å²) in [6.07, 6.45) is 1.92. The van der Waals surface area contributed by atoms with Crippen molar-refractivity contribution in [3.05, 3.63) is 77.9 Å². The number of rotatable bonds is 6. The Morgan fingerprint density at radius 1 is 1.05 bits per heavy atom. The molecule has 3 aromatic carbocycles. The molecule has 0 saturated carbocycles. The molecule has 8 nitrogen and oxygen atoms in total. The molecule has 37 heavy (non-hydrogen) atoms. The number of benzene rings is 3.